The van der Waals surface area contributed by atoms with Crippen LogP contribution in [0.5, 0.6) is 0 Å². The van der Waals surface area contributed by atoms with Gasteiger partial charge in [0.25, 0.3) is 0 Å². The van der Waals surface area contributed by atoms with Crippen LogP contribution >= 0.6 is 0 Å². The van der Waals surface area contributed by atoms with E-state index in [0.717, 1.165) is 11.4 Å². The van der Waals surface area contributed by atoms with E-state index < -0.39 is 0 Å². The first kappa shape index (κ1) is 18.1. The molecule has 0 N–H and O–H groups in total. The van der Waals surface area contributed by atoms with Gasteiger partial charge in [-0.2, -0.15) is 0 Å². The van der Waals surface area contributed by atoms with Gasteiger partial charge in [-0.05, 0) is 29.0 Å². The predicted molar refractivity (Wildman–Crippen MR) is 75.8 cm³/mol. The Bertz CT molecular complexity index is 788. The summed E-state index contributed by atoms with van der Waals surface area (Å²) < 4.78 is 0. The molecule has 0 fully saturated rings. The van der Waals surface area contributed by atoms with Crippen LogP contribution in [0.3, 0.4) is 0 Å². The summed E-state index contributed by atoms with van der Waals surface area (Å²) in [5, 5.41) is 2.53. The summed E-state index contributed by atoms with van der Waals surface area (Å²) in [5.74, 6) is 0. The molecule has 102 valence electrons. The van der Waals surface area contributed by atoms with E-state index in [9.17, 15) is 0 Å². The summed E-state index contributed by atoms with van der Waals surface area (Å²) in [5.41, 5.74) is 4.55. The molecule has 0 radical (unpaired) electrons. The first-order valence-electron chi connectivity index (χ1n) is 6.08. The Hall–Kier alpha value is -0.947. The van der Waals surface area contributed by atoms with Crippen LogP contribution < -0.4 is 24.8 Å². The summed E-state index contributed by atoms with van der Waals surface area (Å²) in [4.78, 5) is 4.65. The molecule has 2 aliphatic rings. The Labute approximate surface area is 155 Å². The quantitative estimate of drug-likeness (QED) is 0.535. The zero-order chi connectivity index (χ0) is 11.9. The van der Waals surface area contributed by atoms with Crippen molar-refractivity contribution in [3.05, 3.63) is 83.6 Å². The van der Waals surface area contributed by atoms with Crippen LogP contribution in [0.25, 0.3) is 10.8 Å². The van der Waals surface area contributed by atoms with Crippen molar-refractivity contribution in [2.75, 3.05) is 0 Å². The van der Waals surface area contributed by atoms with E-state index in [1.807, 2.05) is 6.08 Å². The minimum atomic E-state index is 0. The molecule has 21 heavy (non-hydrogen) atoms. The first-order valence-corrected chi connectivity index (χ1v) is 6.08. The third-order valence-electron chi connectivity index (χ3n) is 3.40. The number of halogens is 2. The molecule has 4 heteroatoms. The van der Waals surface area contributed by atoms with Crippen molar-refractivity contribution in [1.29, 1.82) is 0 Å². The molecule has 1 aliphatic heterocycles. The summed E-state index contributed by atoms with van der Waals surface area (Å²) in [6.07, 6.45) is 8.36. The number of benzene rings is 2. The van der Waals surface area contributed by atoms with Crippen molar-refractivity contribution in [3.63, 3.8) is 0 Å². The zero-order valence-corrected chi connectivity index (χ0v) is 15.0. The number of hydrogen-bond acceptors (Lipinski definition) is 1. The molecule has 2 aromatic carbocycles. The standard InChI is InChI=1S/C17H11N.2ClH.Zr/c1-2-5-13-10-15(9-8-12(13)4-1)17-11-14-6-3-7-16(14)18-17;;;/h1-11H;2*1H;/q;;;+2/p-2. The van der Waals surface area contributed by atoms with Crippen molar-refractivity contribution in [2.24, 2.45) is 4.99 Å². The summed E-state index contributed by atoms with van der Waals surface area (Å²) in [6, 6.07) is 14.9. The molecule has 1 heterocycles. The van der Waals surface area contributed by atoms with E-state index in [2.05, 4.69) is 65.7 Å². The van der Waals surface area contributed by atoms with Gasteiger partial charge in [0.15, 0.2) is 0 Å². The normalized spacial score (nSPS) is 14.2. The topological polar surface area (TPSA) is 12.4 Å². The van der Waals surface area contributed by atoms with Gasteiger partial charge in [-0.3, -0.25) is 0 Å². The molecule has 0 spiro atoms. The van der Waals surface area contributed by atoms with Gasteiger partial charge in [0.1, 0.15) is 0 Å². The van der Waals surface area contributed by atoms with Gasteiger partial charge in [0.05, 0.1) is 11.4 Å². The Kier molecular flexibility index (Phi) is 6.34. The molecule has 4 rings (SSSR count). The molecule has 0 amide bonds. The fraction of sp³-hybridized carbons (Fsp3) is 0. The molecular weight excluding hydrogens is 380 g/mol. The maximum Gasteiger partial charge on any atom is 2.00 e. The molecule has 0 saturated carbocycles. The summed E-state index contributed by atoms with van der Waals surface area (Å²) in [7, 11) is 0. The van der Waals surface area contributed by atoms with Crippen LogP contribution in [0, 0.1) is 0 Å². The summed E-state index contributed by atoms with van der Waals surface area (Å²) in [6.45, 7) is 0. The smallest absolute Gasteiger partial charge is 1.00 e. The number of rotatable bonds is 1. The van der Waals surface area contributed by atoms with Crippen molar-refractivity contribution in [3.8, 4) is 0 Å². The van der Waals surface area contributed by atoms with Gasteiger partial charge in [0.2, 0.25) is 0 Å². The Balaban J connectivity index is 0.000000735. The number of aliphatic imine (C=N–C) groups is 1. The zero-order valence-electron chi connectivity index (χ0n) is 11.1. The van der Waals surface area contributed by atoms with E-state index >= 15 is 0 Å². The maximum atomic E-state index is 4.65. The number of nitrogens with zero attached hydrogens (tertiary/aromatic N) is 1. The van der Waals surface area contributed by atoms with Crippen LogP contribution in [0.15, 0.2) is 83.0 Å². The van der Waals surface area contributed by atoms with Crippen LogP contribution in [0.4, 0.5) is 0 Å². The third kappa shape index (κ3) is 3.29. The van der Waals surface area contributed by atoms with E-state index in [0.29, 0.717) is 0 Å². The minimum Gasteiger partial charge on any atom is -1.00 e. The molecule has 1 aliphatic carbocycles. The molecule has 0 atom stereocenters. The van der Waals surface area contributed by atoms with Crippen molar-refractivity contribution >= 4 is 16.5 Å². The van der Waals surface area contributed by atoms with Gasteiger partial charge in [0, 0.05) is 11.1 Å². The Morgan fingerprint density at radius 3 is 2.38 bits per heavy atom. The fourth-order valence-corrected chi connectivity index (χ4v) is 2.45. The second kappa shape index (κ2) is 7.36. The Morgan fingerprint density at radius 1 is 0.857 bits per heavy atom. The largest absolute Gasteiger partial charge is 2.00 e. The third-order valence-corrected chi connectivity index (χ3v) is 3.40. The SMILES string of the molecule is C1=CC2=CC(c3ccc4ccccc4c3)=NC2=C1.[Cl-].[Cl-].[Zr+2]. The van der Waals surface area contributed by atoms with Crippen LogP contribution in [-0.2, 0) is 26.2 Å². The van der Waals surface area contributed by atoms with E-state index in [1.165, 1.54) is 21.9 Å². The molecule has 0 saturated heterocycles. The second-order valence-electron chi connectivity index (χ2n) is 4.57. The fourth-order valence-electron chi connectivity index (χ4n) is 2.45. The number of hydrogen-bond donors (Lipinski definition) is 0. The van der Waals surface area contributed by atoms with Crippen molar-refractivity contribution in [1.82, 2.24) is 0 Å². The number of allylic oxidation sites excluding steroid dienone is 4. The van der Waals surface area contributed by atoms with Crippen LogP contribution in [-0.4, -0.2) is 5.71 Å². The second-order valence-corrected chi connectivity index (χ2v) is 4.57. The Morgan fingerprint density at radius 2 is 1.62 bits per heavy atom. The van der Waals surface area contributed by atoms with E-state index in [1.54, 1.807) is 0 Å². The molecule has 2 aromatic rings. The van der Waals surface area contributed by atoms with Gasteiger partial charge in [-0.25, -0.2) is 4.99 Å². The predicted octanol–water partition coefficient (Wildman–Crippen LogP) is -1.97. The first-order chi connectivity index (χ1) is 8.90. The minimum absolute atomic E-state index is 0. The van der Waals surface area contributed by atoms with Crippen LogP contribution in [0.2, 0.25) is 0 Å². The molecular formula is C17H11Cl2NZr. The van der Waals surface area contributed by atoms with E-state index in [-0.39, 0.29) is 51.0 Å². The summed E-state index contributed by atoms with van der Waals surface area (Å²) >= 11 is 0. The molecule has 0 aromatic heterocycles. The maximum absolute atomic E-state index is 4.65. The van der Waals surface area contributed by atoms with Gasteiger partial charge >= 0.3 is 26.2 Å². The molecule has 0 bridgehead atoms. The monoisotopic (exact) mass is 389 g/mol. The van der Waals surface area contributed by atoms with E-state index in [4.69, 9.17) is 0 Å². The average Bonchev–Trinajstić information content (AvgIpc) is 2.99. The average molecular weight is 391 g/mol. The van der Waals surface area contributed by atoms with Crippen molar-refractivity contribution < 1.29 is 51.0 Å². The van der Waals surface area contributed by atoms with Crippen molar-refractivity contribution in [2.45, 2.75) is 0 Å². The molecule has 1 nitrogen and oxygen atoms in total. The van der Waals surface area contributed by atoms with Gasteiger partial charge in [-0.15, -0.1) is 0 Å². The number of fused-ring (bicyclic) bond motifs is 2. The van der Waals surface area contributed by atoms with Gasteiger partial charge in [-0.1, -0.05) is 48.6 Å². The van der Waals surface area contributed by atoms with Gasteiger partial charge < -0.3 is 24.8 Å². The molecule has 0 unspecified atom stereocenters. The van der Waals surface area contributed by atoms with Crippen LogP contribution in [0.1, 0.15) is 5.56 Å².